The molecule has 5 heteroatoms. The summed E-state index contributed by atoms with van der Waals surface area (Å²) in [6.45, 7) is 30.0. The third kappa shape index (κ3) is 10.1. The van der Waals surface area contributed by atoms with Gasteiger partial charge in [-0.2, -0.15) is 0 Å². The number of allylic oxidation sites excluding steroid dienone is 2. The standard InChI is InChI=1S/C39H34NO.C17H32O2.Ir/c1-23-19-24(2)36(25(3)20-23)37-30-13-9-10-14-35(30)41-38-29-15-17-33(40-34(29)18-16-31(37)38)27-21-26-11-7-8-12-28(26)32(22-27)39(4,5)6;1-10(2)16(11(3)4)14(18)9-15(19)17(12(5)6)13(7)8;/h7-20,22,37H,1-6H3;9-13,16-18H,1-8H3;/q-1;;/b;14-9-;. The van der Waals surface area contributed by atoms with Crippen LogP contribution in [0.5, 0.6) is 11.5 Å². The molecule has 2 heterocycles. The number of para-hydroxylation sites is 1. The van der Waals surface area contributed by atoms with E-state index < -0.39 is 0 Å². The van der Waals surface area contributed by atoms with E-state index in [0.29, 0.717) is 23.7 Å². The molecule has 1 aliphatic heterocycles. The number of ketones is 1. The van der Waals surface area contributed by atoms with Gasteiger partial charge in [-0.05, 0) is 78.7 Å². The largest absolute Gasteiger partial charge is 0.512 e. The van der Waals surface area contributed by atoms with Crippen LogP contribution in [0.2, 0.25) is 0 Å². The molecule has 1 atom stereocenters. The Bertz CT molecular complexity index is 2520. The van der Waals surface area contributed by atoms with Crippen molar-refractivity contribution in [3.63, 3.8) is 0 Å². The van der Waals surface area contributed by atoms with Crippen LogP contribution in [0.1, 0.15) is 121 Å². The second-order valence-electron chi connectivity index (χ2n) is 19.5. The Labute approximate surface area is 379 Å². The molecule has 0 saturated heterocycles. The van der Waals surface area contributed by atoms with Gasteiger partial charge in [0.15, 0.2) is 5.78 Å². The number of aromatic nitrogens is 1. The Hall–Kier alpha value is -4.57. The Kier molecular flexibility index (Phi) is 15.0. The van der Waals surface area contributed by atoms with E-state index in [1.165, 1.54) is 50.4 Å². The first-order valence-electron chi connectivity index (χ1n) is 22.0. The first kappa shape index (κ1) is 47.5. The van der Waals surface area contributed by atoms with Crippen LogP contribution in [0.25, 0.3) is 32.9 Å². The number of hydrogen-bond acceptors (Lipinski definition) is 4. The van der Waals surface area contributed by atoms with Crippen molar-refractivity contribution in [1.82, 2.24) is 4.98 Å². The van der Waals surface area contributed by atoms with Gasteiger partial charge in [0.05, 0.1) is 11.3 Å². The number of carbonyl (C=O) groups is 1. The molecule has 0 spiro atoms. The van der Waals surface area contributed by atoms with E-state index in [4.69, 9.17) is 9.72 Å². The first-order valence-corrected chi connectivity index (χ1v) is 22.0. The molecule has 1 radical (unpaired) electrons. The minimum atomic E-state index is -0.0119. The van der Waals surface area contributed by atoms with Crippen molar-refractivity contribution in [3.05, 3.63) is 148 Å². The number of nitrogens with zero attached hydrogens (tertiary/aromatic N) is 1. The smallest absolute Gasteiger partial charge is 0.162 e. The van der Waals surface area contributed by atoms with Gasteiger partial charge in [-0.3, -0.25) is 9.78 Å². The van der Waals surface area contributed by atoms with Crippen molar-refractivity contribution in [2.45, 2.75) is 108 Å². The number of ether oxygens (including phenoxy) is 1. The summed E-state index contributed by atoms with van der Waals surface area (Å²) in [6.07, 6.45) is 1.48. The Morgan fingerprint density at radius 2 is 1.31 bits per heavy atom. The average Bonchev–Trinajstić information content (AvgIpc) is 3.15. The fourth-order valence-electron chi connectivity index (χ4n) is 9.94. The summed E-state index contributed by atoms with van der Waals surface area (Å²) in [4.78, 5) is 17.5. The van der Waals surface area contributed by atoms with Gasteiger partial charge < -0.3 is 9.84 Å². The summed E-state index contributed by atoms with van der Waals surface area (Å²) in [7, 11) is 0. The molecule has 1 N–H and O–H groups in total. The predicted molar refractivity (Wildman–Crippen MR) is 252 cm³/mol. The van der Waals surface area contributed by atoms with Crippen molar-refractivity contribution >= 4 is 27.5 Å². The number of benzene rings is 5. The minimum Gasteiger partial charge on any atom is -0.512 e. The van der Waals surface area contributed by atoms with Gasteiger partial charge in [0.2, 0.25) is 0 Å². The number of fused-ring (bicyclic) bond motifs is 5. The van der Waals surface area contributed by atoms with Crippen LogP contribution in [-0.4, -0.2) is 15.9 Å². The molecule has 323 valence electrons. The van der Waals surface area contributed by atoms with Crippen molar-refractivity contribution in [2.75, 3.05) is 0 Å². The van der Waals surface area contributed by atoms with Crippen LogP contribution < -0.4 is 4.74 Å². The molecular formula is C56H66IrNO3-. The van der Waals surface area contributed by atoms with E-state index >= 15 is 0 Å². The Morgan fingerprint density at radius 1 is 0.721 bits per heavy atom. The minimum absolute atomic E-state index is 0. The number of hydrogen-bond donors (Lipinski definition) is 1. The van der Waals surface area contributed by atoms with Crippen molar-refractivity contribution in [3.8, 4) is 22.8 Å². The maximum atomic E-state index is 12.3. The first-order chi connectivity index (χ1) is 28.3. The van der Waals surface area contributed by atoms with Gasteiger partial charge >= 0.3 is 0 Å². The van der Waals surface area contributed by atoms with Gasteiger partial charge in [-0.15, -0.1) is 29.1 Å². The van der Waals surface area contributed by atoms with Crippen LogP contribution in [-0.2, 0) is 30.3 Å². The van der Waals surface area contributed by atoms with Gasteiger partial charge in [0.1, 0.15) is 11.5 Å². The maximum absolute atomic E-state index is 12.3. The van der Waals surface area contributed by atoms with Crippen LogP contribution >= 0.6 is 0 Å². The number of rotatable bonds is 9. The molecule has 0 amide bonds. The molecule has 61 heavy (non-hydrogen) atoms. The number of aryl methyl sites for hydroxylation is 3. The molecule has 1 aromatic heterocycles. The van der Waals surface area contributed by atoms with Crippen molar-refractivity contribution in [2.24, 2.45) is 35.5 Å². The molecule has 7 rings (SSSR count). The van der Waals surface area contributed by atoms with E-state index in [1.54, 1.807) is 0 Å². The fraction of sp³-hybridized carbons (Fsp3) is 0.393. The second-order valence-corrected chi connectivity index (χ2v) is 19.5. The summed E-state index contributed by atoms with van der Waals surface area (Å²) in [5.41, 5.74) is 11.8. The number of pyridine rings is 1. The van der Waals surface area contributed by atoms with Gasteiger partial charge in [-0.1, -0.05) is 159 Å². The van der Waals surface area contributed by atoms with Gasteiger partial charge in [0.25, 0.3) is 0 Å². The van der Waals surface area contributed by atoms with Crippen molar-refractivity contribution < 1.29 is 34.7 Å². The zero-order chi connectivity index (χ0) is 43.8. The zero-order valence-electron chi connectivity index (χ0n) is 38.8. The molecule has 0 fully saturated rings. The number of carbonyl (C=O) groups excluding carboxylic acids is 1. The topological polar surface area (TPSA) is 59.4 Å². The van der Waals surface area contributed by atoms with E-state index in [-0.39, 0.29) is 54.8 Å². The van der Waals surface area contributed by atoms with Crippen molar-refractivity contribution in [1.29, 1.82) is 0 Å². The van der Waals surface area contributed by atoms with Gasteiger partial charge in [0, 0.05) is 66.1 Å². The average molecular weight is 993 g/mol. The molecule has 0 bridgehead atoms. The molecule has 6 aromatic rings. The van der Waals surface area contributed by atoms with Crippen LogP contribution in [0.15, 0.2) is 103 Å². The summed E-state index contributed by atoms with van der Waals surface area (Å²) in [5.74, 6) is 3.55. The van der Waals surface area contributed by atoms with E-state index in [9.17, 15) is 9.90 Å². The molecule has 0 saturated carbocycles. The molecular weight excluding hydrogens is 927 g/mol. The molecule has 0 aliphatic carbocycles. The maximum Gasteiger partial charge on any atom is 0.162 e. The van der Waals surface area contributed by atoms with Crippen LogP contribution in [0.4, 0.5) is 0 Å². The van der Waals surface area contributed by atoms with Gasteiger partial charge in [-0.25, -0.2) is 0 Å². The summed E-state index contributed by atoms with van der Waals surface area (Å²) in [5, 5.41) is 13.7. The summed E-state index contributed by atoms with van der Waals surface area (Å²) in [6, 6.07) is 36.2. The third-order valence-electron chi connectivity index (χ3n) is 12.3. The predicted octanol–water partition coefficient (Wildman–Crippen LogP) is 15.2. The fourth-order valence-corrected chi connectivity index (χ4v) is 9.94. The Morgan fingerprint density at radius 3 is 1.92 bits per heavy atom. The van der Waals surface area contributed by atoms with E-state index in [1.807, 2.05) is 0 Å². The number of aliphatic hydroxyl groups is 1. The molecule has 1 aliphatic rings. The quantitative estimate of drug-likeness (QED) is 0.0889. The van der Waals surface area contributed by atoms with Crippen LogP contribution in [0, 0.1) is 62.3 Å². The molecule has 4 nitrogen and oxygen atoms in total. The summed E-state index contributed by atoms with van der Waals surface area (Å²) < 4.78 is 6.67. The SMILES string of the molecule is CC(C)C(C(=O)/C=C(\O)C(C(C)C)C(C)C)C(C)C.Cc1cc(C)c(C2c3ccccc3Oc3c2ccc2nc(-c4[c-]c5ccccc5c(C(C)(C)C)c4)ccc32)c(C)c1.[Ir]. The summed E-state index contributed by atoms with van der Waals surface area (Å²) >= 11 is 0. The van der Waals surface area contributed by atoms with E-state index in [0.717, 1.165) is 39.0 Å². The molecule has 1 unspecified atom stereocenters. The van der Waals surface area contributed by atoms with Crippen LogP contribution in [0.3, 0.4) is 0 Å². The third-order valence-corrected chi connectivity index (χ3v) is 12.3. The monoisotopic (exact) mass is 993 g/mol. The normalized spacial score (nSPS) is 14.0. The van der Waals surface area contributed by atoms with E-state index in [2.05, 4.69) is 194 Å². The number of aliphatic hydroxyl groups excluding tert-OH is 1. The molecule has 5 aromatic carbocycles. The Balaban J connectivity index is 0.000000301. The second kappa shape index (κ2) is 19.2. The zero-order valence-corrected chi connectivity index (χ0v) is 41.2.